The van der Waals surface area contributed by atoms with Gasteiger partial charge in [-0.2, -0.15) is 0 Å². The largest absolute Gasteiger partial charge is 0.432 e. The van der Waals surface area contributed by atoms with E-state index in [-0.39, 0.29) is 6.42 Å². The van der Waals surface area contributed by atoms with Gasteiger partial charge in [-0.3, -0.25) is 4.79 Å². The lowest BCUT2D eigenvalue weighted by Crippen LogP contribution is -2.48. The van der Waals surface area contributed by atoms with Crippen molar-refractivity contribution < 1.29 is 19.4 Å². The van der Waals surface area contributed by atoms with E-state index in [9.17, 15) is 9.90 Å². The van der Waals surface area contributed by atoms with Crippen LogP contribution < -0.4 is 0 Å². The molecule has 2 saturated heterocycles. The average Bonchev–Trinajstić information content (AvgIpc) is 3.25. The fourth-order valence-electron chi connectivity index (χ4n) is 3.19. The minimum Gasteiger partial charge on any atom is -0.432 e. The summed E-state index contributed by atoms with van der Waals surface area (Å²) in [6.45, 7) is 0. The number of carbonyl (C=O) groups excluding carboxylic acids is 1. The van der Waals surface area contributed by atoms with E-state index < -0.39 is 23.5 Å². The average molecular weight is 282 g/mol. The molecule has 0 radical (unpaired) electrons. The minimum atomic E-state index is -1.42. The summed E-state index contributed by atoms with van der Waals surface area (Å²) in [6.07, 6.45) is -0.853. The Bertz CT molecular complexity index is 684. The first-order valence-corrected chi connectivity index (χ1v) is 6.87. The number of ether oxygens (including phenoxy) is 2. The molecular formula is C17H14O4. The van der Waals surface area contributed by atoms with Gasteiger partial charge in [-0.05, 0) is 11.1 Å². The summed E-state index contributed by atoms with van der Waals surface area (Å²) in [4.78, 5) is 11.8. The van der Waals surface area contributed by atoms with Crippen LogP contribution in [-0.2, 0) is 25.5 Å². The summed E-state index contributed by atoms with van der Waals surface area (Å²) in [5, 5.41) is 11.3. The van der Waals surface area contributed by atoms with Crippen LogP contribution in [0.5, 0.6) is 0 Å². The van der Waals surface area contributed by atoms with E-state index in [0.29, 0.717) is 5.56 Å². The highest BCUT2D eigenvalue weighted by atomic mass is 16.8. The van der Waals surface area contributed by atoms with Crippen LogP contribution >= 0.6 is 0 Å². The van der Waals surface area contributed by atoms with Gasteiger partial charge in [0.1, 0.15) is 5.60 Å². The highest BCUT2D eigenvalue weighted by Crippen LogP contribution is 2.62. The highest BCUT2D eigenvalue weighted by Gasteiger charge is 2.76. The second kappa shape index (κ2) is 4.16. The van der Waals surface area contributed by atoms with Gasteiger partial charge in [0.25, 0.3) is 0 Å². The van der Waals surface area contributed by atoms with Crippen molar-refractivity contribution in [3.05, 3.63) is 71.8 Å². The molecule has 0 saturated carbocycles. The number of epoxide rings is 1. The van der Waals surface area contributed by atoms with Crippen molar-refractivity contribution >= 4 is 5.97 Å². The van der Waals surface area contributed by atoms with Crippen molar-refractivity contribution in [1.29, 1.82) is 0 Å². The van der Waals surface area contributed by atoms with Crippen LogP contribution in [0.1, 0.15) is 17.5 Å². The molecule has 2 heterocycles. The van der Waals surface area contributed by atoms with Crippen LogP contribution in [-0.4, -0.2) is 17.4 Å². The van der Waals surface area contributed by atoms with Crippen LogP contribution in [0.2, 0.25) is 0 Å². The molecule has 0 spiro atoms. The third-order valence-corrected chi connectivity index (χ3v) is 4.27. The van der Waals surface area contributed by atoms with E-state index in [1.807, 2.05) is 60.7 Å². The highest BCUT2D eigenvalue weighted by molar-refractivity contribution is 5.74. The van der Waals surface area contributed by atoms with E-state index in [1.54, 1.807) is 0 Å². The first-order valence-electron chi connectivity index (χ1n) is 6.87. The van der Waals surface area contributed by atoms with Gasteiger partial charge in [0.2, 0.25) is 6.29 Å². The molecule has 2 aliphatic heterocycles. The fourth-order valence-corrected chi connectivity index (χ4v) is 3.19. The van der Waals surface area contributed by atoms with Gasteiger partial charge < -0.3 is 14.6 Å². The number of esters is 1. The Morgan fingerprint density at radius 1 is 0.952 bits per heavy atom. The van der Waals surface area contributed by atoms with Gasteiger partial charge in [0.05, 0.1) is 6.42 Å². The molecule has 0 unspecified atom stereocenters. The standard InChI is InChI=1S/C17H14O4/c18-14-11-16(19,12-7-3-1-4-8-12)17(15(20-14)21-17)13-9-5-2-6-10-13/h1-10,15,19H,11H2/t15-,16-,17-/m0/s1. The number of carbonyl (C=O) groups is 1. The third-order valence-electron chi connectivity index (χ3n) is 4.27. The van der Waals surface area contributed by atoms with Crippen molar-refractivity contribution in [2.24, 2.45) is 0 Å². The van der Waals surface area contributed by atoms with Crippen molar-refractivity contribution in [1.82, 2.24) is 0 Å². The number of hydrogen-bond acceptors (Lipinski definition) is 4. The molecule has 0 amide bonds. The molecule has 106 valence electrons. The van der Waals surface area contributed by atoms with Gasteiger partial charge in [-0.25, -0.2) is 0 Å². The minimum absolute atomic E-state index is 0.123. The van der Waals surface area contributed by atoms with Crippen molar-refractivity contribution in [2.45, 2.75) is 23.9 Å². The van der Waals surface area contributed by atoms with E-state index in [2.05, 4.69) is 0 Å². The van der Waals surface area contributed by atoms with Gasteiger partial charge in [0, 0.05) is 0 Å². The van der Waals surface area contributed by atoms with E-state index >= 15 is 0 Å². The molecule has 1 N–H and O–H groups in total. The molecular weight excluding hydrogens is 268 g/mol. The molecule has 2 aromatic rings. The second-order valence-corrected chi connectivity index (χ2v) is 5.44. The van der Waals surface area contributed by atoms with Crippen LogP contribution in [0.15, 0.2) is 60.7 Å². The molecule has 2 aromatic carbocycles. The zero-order valence-corrected chi connectivity index (χ0v) is 11.2. The summed E-state index contributed by atoms with van der Waals surface area (Å²) < 4.78 is 10.9. The Hall–Kier alpha value is -2.17. The number of benzene rings is 2. The number of hydrogen-bond donors (Lipinski definition) is 1. The maximum absolute atomic E-state index is 11.8. The summed E-state index contributed by atoms with van der Waals surface area (Å²) in [5.74, 6) is -0.449. The lowest BCUT2D eigenvalue weighted by atomic mass is 9.73. The molecule has 3 atom stereocenters. The quantitative estimate of drug-likeness (QED) is 0.676. The molecule has 2 fully saturated rings. The van der Waals surface area contributed by atoms with Crippen molar-refractivity contribution in [2.75, 3.05) is 0 Å². The monoisotopic (exact) mass is 282 g/mol. The normalized spacial score (nSPS) is 34.0. The lowest BCUT2D eigenvalue weighted by molar-refractivity contribution is -0.165. The Morgan fingerprint density at radius 3 is 2.14 bits per heavy atom. The topological polar surface area (TPSA) is 59.1 Å². The van der Waals surface area contributed by atoms with Gasteiger partial charge in [-0.15, -0.1) is 0 Å². The van der Waals surface area contributed by atoms with Gasteiger partial charge in [-0.1, -0.05) is 60.7 Å². The van der Waals surface area contributed by atoms with Gasteiger partial charge >= 0.3 is 5.97 Å². The molecule has 4 rings (SSSR count). The van der Waals surface area contributed by atoms with Crippen molar-refractivity contribution in [3.8, 4) is 0 Å². The summed E-state index contributed by atoms with van der Waals surface area (Å²) in [7, 11) is 0. The van der Waals surface area contributed by atoms with Crippen LogP contribution in [0.3, 0.4) is 0 Å². The predicted octanol–water partition coefficient (Wildman–Crippen LogP) is 2.07. The molecule has 4 nitrogen and oxygen atoms in total. The Labute approximate surface area is 121 Å². The molecule has 0 aromatic heterocycles. The first-order chi connectivity index (χ1) is 10.2. The molecule has 4 heteroatoms. The zero-order chi connectivity index (χ0) is 14.5. The first kappa shape index (κ1) is 12.6. The number of fused-ring (bicyclic) bond motifs is 1. The third kappa shape index (κ3) is 1.60. The molecule has 0 bridgehead atoms. The molecule has 2 aliphatic rings. The second-order valence-electron chi connectivity index (χ2n) is 5.44. The fraction of sp³-hybridized carbons (Fsp3) is 0.235. The predicted molar refractivity (Wildman–Crippen MR) is 74.0 cm³/mol. The van der Waals surface area contributed by atoms with E-state index in [1.165, 1.54) is 0 Å². The van der Waals surface area contributed by atoms with E-state index in [0.717, 1.165) is 5.56 Å². The summed E-state index contributed by atoms with van der Waals surface area (Å²) in [5.41, 5.74) is -0.957. The maximum atomic E-state index is 11.8. The smallest absolute Gasteiger partial charge is 0.311 e. The lowest BCUT2D eigenvalue weighted by Gasteiger charge is -2.36. The molecule has 0 aliphatic carbocycles. The number of aliphatic hydroxyl groups is 1. The van der Waals surface area contributed by atoms with Gasteiger partial charge in [0.15, 0.2) is 5.60 Å². The molecule has 21 heavy (non-hydrogen) atoms. The van der Waals surface area contributed by atoms with Crippen LogP contribution in [0.25, 0.3) is 0 Å². The maximum Gasteiger partial charge on any atom is 0.311 e. The Balaban J connectivity index is 1.89. The summed E-state index contributed by atoms with van der Waals surface area (Å²) in [6, 6.07) is 18.6. The van der Waals surface area contributed by atoms with Crippen LogP contribution in [0.4, 0.5) is 0 Å². The zero-order valence-electron chi connectivity index (χ0n) is 11.2. The SMILES string of the molecule is O=C1C[C@](O)(c2ccccc2)[C@@]2(c3ccccc3)O[C@@H]2O1. The Kier molecular flexibility index (Phi) is 2.49. The summed E-state index contributed by atoms with van der Waals surface area (Å²) >= 11 is 0. The Morgan fingerprint density at radius 2 is 1.52 bits per heavy atom. The van der Waals surface area contributed by atoms with Crippen LogP contribution in [0, 0.1) is 0 Å². The van der Waals surface area contributed by atoms with E-state index in [4.69, 9.17) is 9.47 Å². The van der Waals surface area contributed by atoms with Crippen molar-refractivity contribution in [3.63, 3.8) is 0 Å². The number of rotatable bonds is 2.